The van der Waals surface area contributed by atoms with Crippen molar-refractivity contribution in [2.75, 3.05) is 18.5 Å². The highest BCUT2D eigenvalue weighted by Crippen LogP contribution is 2.32. The molecule has 170 valence electrons. The zero-order valence-electron chi connectivity index (χ0n) is 18.8. The minimum absolute atomic E-state index is 0.109. The van der Waals surface area contributed by atoms with Gasteiger partial charge in [-0.15, -0.1) is 6.42 Å². The van der Waals surface area contributed by atoms with Crippen LogP contribution in [0, 0.1) is 18.2 Å². The van der Waals surface area contributed by atoms with E-state index in [9.17, 15) is 14.0 Å². The number of halogens is 1. The summed E-state index contributed by atoms with van der Waals surface area (Å²) in [5.74, 6) is 1.77. The maximum absolute atomic E-state index is 13.5. The zero-order chi connectivity index (χ0) is 24.1. The first-order valence-corrected chi connectivity index (χ1v) is 10.9. The normalized spacial score (nSPS) is 10.6. The van der Waals surface area contributed by atoms with Gasteiger partial charge in [0.05, 0.1) is 0 Å². The Hall–Kier alpha value is -4.37. The Bertz CT molecular complexity index is 1380. The molecular formula is C28H24FN3O2. The molecule has 0 aliphatic rings. The van der Waals surface area contributed by atoms with E-state index >= 15 is 0 Å². The molecule has 1 heterocycles. The first-order valence-electron chi connectivity index (χ1n) is 10.9. The van der Waals surface area contributed by atoms with Crippen LogP contribution < -0.4 is 10.2 Å². The number of anilines is 1. The van der Waals surface area contributed by atoms with Gasteiger partial charge in [0.25, 0.3) is 0 Å². The second-order valence-electron chi connectivity index (χ2n) is 7.88. The lowest BCUT2D eigenvalue weighted by molar-refractivity contribution is -0.123. The molecule has 2 N–H and O–H groups in total. The highest BCUT2D eigenvalue weighted by atomic mass is 19.1. The summed E-state index contributed by atoms with van der Waals surface area (Å²) in [6.07, 6.45) is 6.13. The molecule has 0 aliphatic carbocycles. The lowest BCUT2D eigenvalue weighted by Gasteiger charge is -2.22. The van der Waals surface area contributed by atoms with Crippen LogP contribution in [-0.2, 0) is 16.0 Å². The molecule has 0 saturated heterocycles. The number of benzene rings is 3. The third-order valence-electron chi connectivity index (χ3n) is 5.74. The molecule has 0 bridgehead atoms. The lowest BCUT2D eigenvalue weighted by atomic mass is 10.0. The second kappa shape index (κ2) is 10.1. The van der Waals surface area contributed by atoms with Crippen molar-refractivity contribution in [1.29, 1.82) is 0 Å². The van der Waals surface area contributed by atoms with Crippen LogP contribution in [0.15, 0.2) is 72.8 Å². The average molecular weight is 454 g/mol. The Morgan fingerprint density at radius 1 is 1.06 bits per heavy atom. The summed E-state index contributed by atoms with van der Waals surface area (Å²) >= 11 is 0. The zero-order valence-corrected chi connectivity index (χ0v) is 18.8. The Balaban J connectivity index is 1.65. The maximum atomic E-state index is 13.5. The Kier molecular flexibility index (Phi) is 6.74. The number of nitrogens with one attached hydrogen (secondary N) is 2. The van der Waals surface area contributed by atoms with E-state index in [1.165, 1.54) is 24.1 Å². The Morgan fingerprint density at radius 3 is 2.56 bits per heavy atom. The molecule has 0 fully saturated rings. The Morgan fingerprint density at radius 2 is 1.82 bits per heavy atom. The smallest absolute Gasteiger partial charge is 0.239 e. The number of aromatic nitrogens is 1. The number of aryl methyl sites for hydroxylation is 1. The number of H-pyrrole nitrogens is 1. The van der Waals surface area contributed by atoms with Gasteiger partial charge in [-0.05, 0) is 66.1 Å². The van der Waals surface area contributed by atoms with Crippen molar-refractivity contribution in [3.05, 3.63) is 89.7 Å². The molecule has 6 heteroatoms. The van der Waals surface area contributed by atoms with E-state index < -0.39 is 0 Å². The molecule has 0 aliphatic heterocycles. The van der Waals surface area contributed by atoms with Crippen LogP contribution in [0.4, 0.5) is 10.1 Å². The molecule has 1 aromatic heterocycles. The number of carbonyl (C=O) groups excluding carboxylic acids is 2. The van der Waals surface area contributed by atoms with E-state index in [0.717, 1.165) is 27.7 Å². The minimum atomic E-state index is -0.310. The molecule has 0 radical (unpaired) electrons. The molecule has 0 unspecified atom stereocenters. The number of carbonyl (C=O) groups is 2. The highest BCUT2D eigenvalue weighted by molar-refractivity contribution is 5.99. The molecule has 0 spiro atoms. The number of aromatic amines is 1. The molecule has 0 saturated carbocycles. The van der Waals surface area contributed by atoms with Gasteiger partial charge in [0.1, 0.15) is 12.4 Å². The number of terminal acetylenes is 1. The van der Waals surface area contributed by atoms with Crippen LogP contribution in [0.3, 0.4) is 0 Å². The van der Waals surface area contributed by atoms with Crippen LogP contribution in [0.1, 0.15) is 17.5 Å². The summed E-state index contributed by atoms with van der Waals surface area (Å²) < 4.78 is 13.5. The van der Waals surface area contributed by atoms with Gasteiger partial charge in [0.2, 0.25) is 11.8 Å². The van der Waals surface area contributed by atoms with Crippen molar-refractivity contribution >= 4 is 28.4 Å². The standard InChI is InChI=1S/C28H24FN3O2/c1-3-19-7-6-8-22(17-19)32(18-26(33)30-2)27(34)16-15-24-23-9-4-5-10-25(23)31-28(24)20-11-13-21(29)14-12-20/h1,4-14,17,31H,15-16,18H2,2H3,(H,30,33). The van der Waals surface area contributed by atoms with Crippen LogP contribution in [0.5, 0.6) is 0 Å². The third kappa shape index (κ3) is 4.84. The van der Waals surface area contributed by atoms with Gasteiger partial charge in [-0.2, -0.15) is 0 Å². The van der Waals surface area contributed by atoms with E-state index in [-0.39, 0.29) is 30.6 Å². The summed E-state index contributed by atoms with van der Waals surface area (Å²) in [6.45, 7) is -0.109. The van der Waals surface area contributed by atoms with Crippen molar-refractivity contribution in [1.82, 2.24) is 10.3 Å². The third-order valence-corrected chi connectivity index (χ3v) is 5.74. The topological polar surface area (TPSA) is 65.2 Å². The fourth-order valence-electron chi connectivity index (χ4n) is 4.00. The van der Waals surface area contributed by atoms with Gasteiger partial charge < -0.3 is 15.2 Å². The fraction of sp³-hybridized carbons (Fsp3) is 0.143. The second-order valence-corrected chi connectivity index (χ2v) is 7.88. The molecule has 34 heavy (non-hydrogen) atoms. The quantitative estimate of drug-likeness (QED) is 0.400. The minimum Gasteiger partial charge on any atom is -0.358 e. The number of amides is 2. The van der Waals surface area contributed by atoms with Crippen molar-refractivity contribution in [3.63, 3.8) is 0 Å². The van der Waals surface area contributed by atoms with Gasteiger partial charge in [-0.25, -0.2) is 4.39 Å². The van der Waals surface area contributed by atoms with Gasteiger partial charge in [-0.1, -0.05) is 30.2 Å². The van der Waals surface area contributed by atoms with E-state index in [1.54, 1.807) is 36.4 Å². The molecule has 0 atom stereocenters. The summed E-state index contributed by atoms with van der Waals surface area (Å²) in [7, 11) is 1.53. The summed E-state index contributed by atoms with van der Waals surface area (Å²) in [5.41, 5.74) is 4.79. The van der Waals surface area contributed by atoms with E-state index in [2.05, 4.69) is 16.2 Å². The number of nitrogens with zero attached hydrogens (tertiary/aromatic N) is 1. The number of fused-ring (bicyclic) bond motifs is 1. The van der Waals surface area contributed by atoms with Crippen LogP contribution >= 0.6 is 0 Å². The van der Waals surface area contributed by atoms with Gasteiger partial charge in [0.15, 0.2) is 0 Å². The maximum Gasteiger partial charge on any atom is 0.239 e. The first-order chi connectivity index (χ1) is 16.5. The van der Waals surface area contributed by atoms with E-state index in [4.69, 9.17) is 6.42 Å². The molecule has 4 aromatic rings. The predicted molar refractivity (Wildman–Crippen MR) is 133 cm³/mol. The van der Waals surface area contributed by atoms with Crippen molar-refractivity contribution < 1.29 is 14.0 Å². The summed E-state index contributed by atoms with van der Waals surface area (Å²) in [6, 6.07) is 21.1. The molecule has 4 rings (SSSR count). The number of hydrogen-bond acceptors (Lipinski definition) is 2. The van der Waals surface area contributed by atoms with Crippen LogP contribution in [0.25, 0.3) is 22.2 Å². The number of likely N-dealkylation sites (N-methyl/N-ethyl adjacent to an activating group) is 1. The number of para-hydroxylation sites is 1. The summed E-state index contributed by atoms with van der Waals surface area (Å²) in [4.78, 5) is 30.4. The molecular weight excluding hydrogens is 429 g/mol. The Labute approximate surface area is 197 Å². The van der Waals surface area contributed by atoms with Crippen molar-refractivity contribution in [3.8, 4) is 23.6 Å². The first kappa shape index (κ1) is 22.8. The predicted octanol–water partition coefficient (Wildman–Crippen LogP) is 4.67. The van der Waals surface area contributed by atoms with Gasteiger partial charge in [0, 0.05) is 41.3 Å². The monoisotopic (exact) mass is 453 g/mol. The van der Waals surface area contributed by atoms with Gasteiger partial charge >= 0.3 is 0 Å². The van der Waals surface area contributed by atoms with Crippen molar-refractivity contribution in [2.24, 2.45) is 0 Å². The molecule has 3 aromatic carbocycles. The molecule has 2 amide bonds. The van der Waals surface area contributed by atoms with E-state index in [0.29, 0.717) is 17.7 Å². The van der Waals surface area contributed by atoms with Crippen LogP contribution in [0.2, 0.25) is 0 Å². The van der Waals surface area contributed by atoms with Crippen LogP contribution in [-0.4, -0.2) is 30.4 Å². The van der Waals surface area contributed by atoms with E-state index in [1.807, 2.05) is 24.3 Å². The van der Waals surface area contributed by atoms with Crippen molar-refractivity contribution in [2.45, 2.75) is 12.8 Å². The van der Waals surface area contributed by atoms with Gasteiger partial charge in [-0.3, -0.25) is 9.59 Å². The SMILES string of the molecule is C#Cc1cccc(N(CC(=O)NC)C(=O)CCc2c(-c3ccc(F)cc3)[nH]c3ccccc23)c1. The largest absolute Gasteiger partial charge is 0.358 e. The fourth-order valence-corrected chi connectivity index (χ4v) is 4.00. The molecule has 5 nitrogen and oxygen atoms in total. The summed E-state index contributed by atoms with van der Waals surface area (Å²) in [5, 5.41) is 3.57. The lowest BCUT2D eigenvalue weighted by Crippen LogP contribution is -2.40. The average Bonchev–Trinajstić information content (AvgIpc) is 3.24. The number of rotatable bonds is 7. The number of hydrogen-bond donors (Lipinski definition) is 2. The highest BCUT2D eigenvalue weighted by Gasteiger charge is 2.21.